The maximum atomic E-state index is 12.6. The Kier molecular flexibility index (Phi) is 5.95. The molecular formula is C16H23N5O2S2. The van der Waals surface area contributed by atoms with E-state index in [0.717, 1.165) is 35.1 Å². The predicted octanol–water partition coefficient (Wildman–Crippen LogP) is 1.43. The van der Waals surface area contributed by atoms with Gasteiger partial charge in [-0.1, -0.05) is 0 Å². The van der Waals surface area contributed by atoms with Gasteiger partial charge in [0.1, 0.15) is 5.82 Å². The standard InChI is InChI=1S/C16H23N5O2S2/c1-11-17-13(10-25-11)9-21-16(23)20-7-5-12(3-4-14(20)19-21)18-15(22)6-8-24-2/h10,12H,3-9H2,1-2H3,(H,18,22). The molecule has 2 aromatic rings. The molecule has 1 unspecified atom stereocenters. The third kappa shape index (κ3) is 4.52. The summed E-state index contributed by atoms with van der Waals surface area (Å²) in [4.78, 5) is 28.9. The number of thiazole rings is 1. The quantitative estimate of drug-likeness (QED) is 0.819. The number of hydrogen-bond donors (Lipinski definition) is 1. The molecular weight excluding hydrogens is 358 g/mol. The Bertz CT molecular complexity index is 795. The van der Waals surface area contributed by atoms with Gasteiger partial charge in [0.05, 0.1) is 17.2 Å². The van der Waals surface area contributed by atoms with Crippen molar-refractivity contribution in [1.29, 1.82) is 0 Å². The zero-order valence-corrected chi connectivity index (χ0v) is 16.2. The second-order valence-corrected chi connectivity index (χ2v) is 8.25. The predicted molar refractivity (Wildman–Crippen MR) is 100 cm³/mol. The molecule has 9 heteroatoms. The van der Waals surface area contributed by atoms with E-state index in [1.807, 2.05) is 18.6 Å². The summed E-state index contributed by atoms with van der Waals surface area (Å²) in [5.74, 6) is 1.73. The molecule has 1 amide bonds. The van der Waals surface area contributed by atoms with Crippen LogP contribution in [0, 0.1) is 6.92 Å². The van der Waals surface area contributed by atoms with Crippen LogP contribution in [0.4, 0.5) is 0 Å². The average molecular weight is 382 g/mol. The fraction of sp³-hybridized carbons (Fsp3) is 0.625. The summed E-state index contributed by atoms with van der Waals surface area (Å²) in [5.41, 5.74) is 0.784. The molecule has 0 radical (unpaired) electrons. The third-order valence-electron chi connectivity index (χ3n) is 4.29. The van der Waals surface area contributed by atoms with E-state index in [1.165, 1.54) is 4.68 Å². The molecule has 25 heavy (non-hydrogen) atoms. The van der Waals surface area contributed by atoms with E-state index in [-0.39, 0.29) is 17.6 Å². The number of thioether (sulfide) groups is 1. The number of hydrogen-bond acceptors (Lipinski definition) is 6. The third-order valence-corrected chi connectivity index (χ3v) is 5.73. The first-order chi connectivity index (χ1) is 12.1. The number of rotatable bonds is 6. The minimum absolute atomic E-state index is 0.0880. The van der Waals surface area contributed by atoms with Gasteiger partial charge in [-0.05, 0) is 26.0 Å². The lowest BCUT2D eigenvalue weighted by Crippen LogP contribution is -2.36. The zero-order valence-electron chi connectivity index (χ0n) is 14.5. The monoisotopic (exact) mass is 381 g/mol. The van der Waals surface area contributed by atoms with Crippen LogP contribution in [0.3, 0.4) is 0 Å². The summed E-state index contributed by atoms with van der Waals surface area (Å²) < 4.78 is 3.24. The molecule has 0 fully saturated rings. The van der Waals surface area contributed by atoms with Gasteiger partial charge in [-0.25, -0.2) is 14.5 Å². The van der Waals surface area contributed by atoms with E-state index in [2.05, 4.69) is 15.4 Å². The van der Waals surface area contributed by atoms with Crippen LogP contribution >= 0.6 is 23.1 Å². The summed E-state index contributed by atoms with van der Waals surface area (Å²) in [6, 6.07) is 0.116. The molecule has 0 aromatic carbocycles. The minimum Gasteiger partial charge on any atom is -0.353 e. The molecule has 0 saturated heterocycles. The van der Waals surface area contributed by atoms with E-state index < -0.39 is 0 Å². The SMILES string of the molecule is CSCCC(=O)NC1CCc2nn(Cc3csc(C)n3)c(=O)n2CC1. The fourth-order valence-electron chi connectivity index (χ4n) is 3.00. The molecule has 7 nitrogen and oxygen atoms in total. The van der Waals surface area contributed by atoms with Crippen LogP contribution in [0.15, 0.2) is 10.2 Å². The Morgan fingerprint density at radius 3 is 3.04 bits per heavy atom. The highest BCUT2D eigenvalue weighted by Crippen LogP contribution is 2.13. The van der Waals surface area contributed by atoms with Gasteiger partial charge in [-0.2, -0.15) is 16.9 Å². The van der Waals surface area contributed by atoms with Gasteiger partial charge in [0.2, 0.25) is 5.91 Å². The van der Waals surface area contributed by atoms with Crippen LogP contribution in [0.1, 0.15) is 35.8 Å². The first kappa shape index (κ1) is 18.2. The lowest BCUT2D eigenvalue weighted by Gasteiger charge is -2.15. The van der Waals surface area contributed by atoms with Gasteiger partial charge in [0, 0.05) is 36.6 Å². The van der Waals surface area contributed by atoms with Crippen LogP contribution < -0.4 is 11.0 Å². The lowest BCUT2D eigenvalue weighted by molar-refractivity contribution is -0.121. The first-order valence-electron chi connectivity index (χ1n) is 8.42. The molecule has 0 bridgehead atoms. The maximum absolute atomic E-state index is 12.6. The number of nitrogens with one attached hydrogen (secondary N) is 1. The molecule has 0 saturated carbocycles. The van der Waals surface area contributed by atoms with Crippen LogP contribution in [-0.2, 0) is 24.3 Å². The summed E-state index contributed by atoms with van der Waals surface area (Å²) in [5, 5.41) is 10.5. The molecule has 1 N–H and O–H groups in total. The summed E-state index contributed by atoms with van der Waals surface area (Å²) in [6.07, 6.45) is 4.82. The van der Waals surface area contributed by atoms with E-state index in [1.54, 1.807) is 27.7 Å². The van der Waals surface area contributed by atoms with Crippen molar-refractivity contribution < 1.29 is 4.79 Å². The number of aryl methyl sites for hydroxylation is 2. The van der Waals surface area contributed by atoms with Gasteiger partial charge in [-0.3, -0.25) is 9.36 Å². The molecule has 3 rings (SSSR count). The van der Waals surface area contributed by atoms with E-state index in [9.17, 15) is 9.59 Å². The van der Waals surface area contributed by atoms with Crippen molar-refractivity contribution in [2.75, 3.05) is 12.0 Å². The number of aromatic nitrogens is 4. The van der Waals surface area contributed by atoms with Gasteiger partial charge in [-0.15, -0.1) is 11.3 Å². The number of carbonyl (C=O) groups is 1. The average Bonchev–Trinajstić information content (AvgIpc) is 3.05. The van der Waals surface area contributed by atoms with Crippen molar-refractivity contribution >= 4 is 29.0 Å². The van der Waals surface area contributed by atoms with Crippen molar-refractivity contribution in [3.63, 3.8) is 0 Å². The summed E-state index contributed by atoms with van der Waals surface area (Å²) >= 11 is 3.25. The van der Waals surface area contributed by atoms with E-state index in [4.69, 9.17) is 0 Å². The van der Waals surface area contributed by atoms with Gasteiger partial charge < -0.3 is 5.32 Å². The zero-order chi connectivity index (χ0) is 17.8. The Balaban J connectivity index is 1.64. The van der Waals surface area contributed by atoms with Gasteiger partial charge in [0.15, 0.2) is 0 Å². The van der Waals surface area contributed by atoms with Crippen molar-refractivity contribution in [2.24, 2.45) is 0 Å². The van der Waals surface area contributed by atoms with E-state index >= 15 is 0 Å². The Hall–Kier alpha value is -1.61. The molecule has 136 valence electrons. The topological polar surface area (TPSA) is 81.8 Å². The van der Waals surface area contributed by atoms with E-state index in [0.29, 0.717) is 25.9 Å². The summed E-state index contributed by atoms with van der Waals surface area (Å²) in [7, 11) is 0. The maximum Gasteiger partial charge on any atom is 0.346 e. The van der Waals surface area contributed by atoms with Crippen LogP contribution in [-0.4, -0.2) is 43.3 Å². The molecule has 1 aliphatic rings. The smallest absolute Gasteiger partial charge is 0.346 e. The van der Waals surface area contributed by atoms with Gasteiger partial charge in [0.25, 0.3) is 0 Å². The fourth-order valence-corrected chi connectivity index (χ4v) is 4.00. The molecule has 1 atom stereocenters. The second kappa shape index (κ2) is 8.18. The number of nitrogens with zero attached hydrogens (tertiary/aromatic N) is 4. The Labute approximate surface area is 154 Å². The lowest BCUT2D eigenvalue weighted by atomic mass is 10.1. The van der Waals surface area contributed by atoms with Gasteiger partial charge >= 0.3 is 5.69 Å². The molecule has 1 aliphatic heterocycles. The highest BCUT2D eigenvalue weighted by atomic mass is 32.2. The minimum atomic E-state index is -0.0880. The highest BCUT2D eigenvalue weighted by molar-refractivity contribution is 7.98. The van der Waals surface area contributed by atoms with Crippen molar-refractivity contribution in [3.05, 3.63) is 32.4 Å². The second-order valence-electron chi connectivity index (χ2n) is 6.20. The molecule has 0 aliphatic carbocycles. The molecule has 2 aromatic heterocycles. The largest absolute Gasteiger partial charge is 0.353 e. The number of carbonyl (C=O) groups excluding carboxylic acids is 1. The Morgan fingerprint density at radius 2 is 2.32 bits per heavy atom. The highest BCUT2D eigenvalue weighted by Gasteiger charge is 2.22. The molecule has 0 spiro atoms. The van der Waals surface area contributed by atoms with Crippen LogP contribution in [0.2, 0.25) is 0 Å². The van der Waals surface area contributed by atoms with Crippen molar-refractivity contribution in [3.8, 4) is 0 Å². The first-order valence-corrected chi connectivity index (χ1v) is 10.7. The molecule has 3 heterocycles. The van der Waals surface area contributed by atoms with Crippen LogP contribution in [0.5, 0.6) is 0 Å². The normalized spacial score (nSPS) is 17.1. The van der Waals surface area contributed by atoms with Crippen molar-refractivity contribution in [1.82, 2.24) is 24.6 Å². The Morgan fingerprint density at radius 1 is 1.48 bits per heavy atom. The van der Waals surface area contributed by atoms with Crippen molar-refractivity contribution in [2.45, 2.75) is 51.7 Å². The number of fused-ring (bicyclic) bond motifs is 1. The number of amides is 1. The van der Waals surface area contributed by atoms with Crippen LogP contribution in [0.25, 0.3) is 0 Å². The summed E-state index contributed by atoms with van der Waals surface area (Å²) in [6.45, 7) is 2.96.